The number of amides is 1. The number of epoxide rings is 1. The molecule has 4 atom stereocenters. The Labute approximate surface area is 158 Å². The van der Waals surface area contributed by atoms with Crippen molar-refractivity contribution in [3.63, 3.8) is 0 Å². The molecule has 6 nitrogen and oxygen atoms in total. The van der Waals surface area contributed by atoms with Crippen LogP contribution in [0, 0.1) is 0 Å². The van der Waals surface area contributed by atoms with E-state index in [-0.39, 0.29) is 17.8 Å². The molecule has 4 unspecified atom stereocenters. The van der Waals surface area contributed by atoms with Crippen molar-refractivity contribution in [2.45, 2.75) is 89.3 Å². The fourth-order valence-corrected chi connectivity index (χ4v) is 4.56. The zero-order chi connectivity index (χ0) is 19.3. The first kappa shape index (κ1) is 19.9. The lowest BCUT2D eigenvalue weighted by molar-refractivity contribution is 0.0283. The van der Waals surface area contributed by atoms with Gasteiger partial charge in [-0.2, -0.15) is 0 Å². The minimum atomic E-state index is -0.445. The molecular weight excluding hydrogens is 330 g/mol. The molecule has 0 radical (unpaired) electrons. The standard InChI is InChI=1S/C20H37N3O3/c1-14(2)23-12-16(21(6)7)10-15(23)11-17-20(25-17)8-9-22(13-20)18(24)26-19(3,4)5/h14-17H,8-13H2,1-7H3. The highest BCUT2D eigenvalue weighted by atomic mass is 16.6. The van der Waals surface area contributed by atoms with Gasteiger partial charge in [-0.3, -0.25) is 4.90 Å². The Balaban J connectivity index is 1.55. The summed E-state index contributed by atoms with van der Waals surface area (Å²) in [7, 11) is 4.35. The average Bonchev–Trinajstić information content (AvgIpc) is 2.86. The normalized spacial score (nSPS) is 35.1. The van der Waals surface area contributed by atoms with Crippen molar-refractivity contribution in [3.05, 3.63) is 0 Å². The fraction of sp³-hybridized carbons (Fsp3) is 0.950. The fourth-order valence-electron chi connectivity index (χ4n) is 4.56. The number of hydrogen-bond acceptors (Lipinski definition) is 5. The van der Waals surface area contributed by atoms with Crippen molar-refractivity contribution in [2.75, 3.05) is 33.7 Å². The van der Waals surface area contributed by atoms with E-state index in [1.54, 1.807) is 0 Å². The van der Waals surface area contributed by atoms with Gasteiger partial charge in [0.1, 0.15) is 11.2 Å². The summed E-state index contributed by atoms with van der Waals surface area (Å²) in [5, 5.41) is 0. The van der Waals surface area contributed by atoms with Gasteiger partial charge in [-0.1, -0.05) is 0 Å². The molecule has 6 heteroatoms. The summed E-state index contributed by atoms with van der Waals surface area (Å²) >= 11 is 0. The van der Waals surface area contributed by atoms with E-state index in [4.69, 9.17) is 9.47 Å². The smallest absolute Gasteiger partial charge is 0.410 e. The molecule has 3 aliphatic heterocycles. The first-order valence-electron chi connectivity index (χ1n) is 10.1. The number of carbonyl (C=O) groups is 1. The molecule has 0 aromatic rings. The molecule has 0 aromatic heterocycles. The Morgan fingerprint density at radius 1 is 1.35 bits per heavy atom. The number of rotatable bonds is 4. The van der Waals surface area contributed by atoms with Crippen molar-refractivity contribution in [3.8, 4) is 0 Å². The lowest BCUT2D eigenvalue weighted by Gasteiger charge is -2.28. The molecule has 0 aromatic carbocycles. The van der Waals surface area contributed by atoms with Crippen LogP contribution in [0.15, 0.2) is 0 Å². The second-order valence-corrected chi connectivity index (χ2v) is 9.86. The summed E-state index contributed by atoms with van der Waals surface area (Å²) in [4.78, 5) is 19.1. The van der Waals surface area contributed by atoms with Gasteiger partial charge < -0.3 is 19.3 Å². The van der Waals surface area contributed by atoms with Gasteiger partial charge in [-0.15, -0.1) is 0 Å². The molecule has 3 rings (SSSR count). The summed E-state index contributed by atoms with van der Waals surface area (Å²) in [6, 6.07) is 1.75. The third-order valence-electron chi connectivity index (χ3n) is 6.14. The molecule has 1 spiro atoms. The largest absolute Gasteiger partial charge is 0.444 e. The van der Waals surface area contributed by atoms with E-state index in [9.17, 15) is 4.79 Å². The zero-order valence-electron chi connectivity index (χ0n) is 17.6. The van der Waals surface area contributed by atoms with Crippen molar-refractivity contribution < 1.29 is 14.3 Å². The molecule has 0 aliphatic carbocycles. The van der Waals surface area contributed by atoms with Crippen LogP contribution >= 0.6 is 0 Å². The molecule has 3 heterocycles. The second kappa shape index (κ2) is 6.95. The summed E-state index contributed by atoms with van der Waals surface area (Å²) in [5.41, 5.74) is -0.560. The van der Waals surface area contributed by atoms with E-state index in [0.717, 1.165) is 25.9 Å². The highest BCUT2D eigenvalue weighted by Gasteiger charge is 2.61. The lowest BCUT2D eigenvalue weighted by Crippen LogP contribution is -2.39. The third kappa shape index (κ3) is 4.18. The maximum absolute atomic E-state index is 12.3. The molecule has 3 fully saturated rings. The lowest BCUT2D eigenvalue weighted by atomic mass is 9.97. The molecule has 0 N–H and O–H groups in total. The molecule has 3 aliphatic rings. The van der Waals surface area contributed by atoms with E-state index in [1.165, 1.54) is 6.42 Å². The van der Waals surface area contributed by atoms with Crippen LogP contribution in [0.1, 0.15) is 53.9 Å². The first-order chi connectivity index (χ1) is 12.0. The number of nitrogens with zero attached hydrogens (tertiary/aromatic N) is 3. The highest BCUT2D eigenvalue weighted by molar-refractivity contribution is 5.69. The van der Waals surface area contributed by atoms with Crippen LogP contribution in [-0.2, 0) is 9.47 Å². The highest BCUT2D eigenvalue weighted by Crippen LogP contribution is 2.48. The van der Waals surface area contributed by atoms with Crippen LogP contribution < -0.4 is 0 Å². The monoisotopic (exact) mass is 367 g/mol. The molecular formula is C20H37N3O3. The third-order valence-corrected chi connectivity index (χ3v) is 6.14. The van der Waals surface area contributed by atoms with Gasteiger partial charge in [-0.25, -0.2) is 4.79 Å². The Morgan fingerprint density at radius 3 is 2.62 bits per heavy atom. The number of likely N-dealkylation sites (tertiary alicyclic amines) is 2. The van der Waals surface area contributed by atoms with Gasteiger partial charge in [0.05, 0.1) is 12.6 Å². The second-order valence-electron chi connectivity index (χ2n) is 9.86. The van der Waals surface area contributed by atoms with Crippen molar-refractivity contribution >= 4 is 6.09 Å². The average molecular weight is 368 g/mol. The van der Waals surface area contributed by atoms with Crippen LogP contribution in [0.2, 0.25) is 0 Å². The van der Waals surface area contributed by atoms with Gasteiger partial charge in [0.2, 0.25) is 0 Å². The minimum Gasteiger partial charge on any atom is -0.444 e. The van der Waals surface area contributed by atoms with Crippen LogP contribution in [0.4, 0.5) is 4.79 Å². The van der Waals surface area contributed by atoms with Gasteiger partial charge in [0.25, 0.3) is 0 Å². The van der Waals surface area contributed by atoms with E-state index >= 15 is 0 Å². The Bertz CT molecular complexity index is 531. The quantitative estimate of drug-likeness (QED) is 0.715. The molecule has 0 bridgehead atoms. The van der Waals surface area contributed by atoms with Crippen molar-refractivity contribution in [1.82, 2.24) is 14.7 Å². The van der Waals surface area contributed by atoms with Crippen molar-refractivity contribution in [2.24, 2.45) is 0 Å². The van der Waals surface area contributed by atoms with E-state index < -0.39 is 5.60 Å². The topological polar surface area (TPSA) is 48.5 Å². The minimum absolute atomic E-state index is 0.115. The molecule has 1 amide bonds. The SMILES string of the molecule is CC(C)N1CC(N(C)C)CC1CC1OC12CCN(C(=O)OC(C)(C)C)C2. The van der Waals surface area contributed by atoms with Gasteiger partial charge in [-0.05, 0) is 68.0 Å². The summed E-state index contributed by atoms with van der Waals surface area (Å²) in [5.74, 6) is 0. The number of likely N-dealkylation sites (N-methyl/N-ethyl adjacent to an activating group) is 1. The van der Waals surface area contributed by atoms with E-state index in [1.807, 2.05) is 25.7 Å². The maximum Gasteiger partial charge on any atom is 0.410 e. The molecule has 0 saturated carbocycles. The molecule has 3 saturated heterocycles. The number of carbonyl (C=O) groups excluding carboxylic acids is 1. The maximum atomic E-state index is 12.3. The van der Waals surface area contributed by atoms with Gasteiger partial charge >= 0.3 is 6.09 Å². The van der Waals surface area contributed by atoms with Crippen LogP contribution in [0.5, 0.6) is 0 Å². The molecule has 150 valence electrons. The Kier molecular flexibility index (Phi) is 5.32. The van der Waals surface area contributed by atoms with Crippen LogP contribution in [-0.4, -0.2) is 90.0 Å². The summed E-state index contributed by atoms with van der Waals surface area (Å²) in [6.07, 6.45) is 3.28. The predicted molar refractivity (Wildman–Crippen MR) is 102 cm³/mol. The van der Waals surface area contributed by atoms with Crippen molar-refractivity contribution in [1.29, 1.82) is 0 Å². The number of hydrogen-bond donors (Lipinski definition) is 0. The van der Waals surface area contributed by atoms with Crippen LogP contribution in [0.3, 0.4) is 0 Å². The van der Waals surface area contributed by atoms with Gasteiger partial charge in [0, 0.05) is 31.2 Å². The summed E-state index contributed by atoms with van der Waals surface area (Å²) in [6.45, 7) is 12.9. The predicted octanol–water partition coefficient (Wildman–Crippen LogP) is 2.57. The molecule has 26 heavy (non-hydrogen) atoms. The summed E-state index contributed by atoms with van der Waals surface area (Å²) < 4.78 is 11.7. The van der Waals surface area contributed by atoms with Gasteiger partial charge in [0.15, 0.2) is 0 Å². The first-order valence-corrected chi connectivity index (χ1v) is 10.1. The van der Waals surface area contributed by atoms with Crippen LogP contribution in [0.25, 0.3) is 0 Å². The Hall–Kier alpha value is -0.850. The van der Waals surface area contributed by atoms with E-state index in [0.29, 0.717) is 24.7 Å². The number of ether oxygens (including phenoxy) is 2. The van der Waals surface area contributed by atoms with E-state index in [2.05, 4.69) is 37.7 Å². The Morgan fingerprint density at radius 2 is 2.04 bits per heavy atom. The zero-order valence-corrected chi connectivity index (χ0v) is 17.6.